The summed E-state index contributed by atoms with van der Waals surface area (Å²) in [6, 6.07) is 12.7. The average Bonchev–Trinajstić information content (AvgIpc) is 3.15. The van der Waals surface area contributed by atoms with E-state index in [4.69, 9.17) is 9.47 Å². The molecule has 1 saturated heterocycles. The first-order valence-electron chi connectivity index (χ1n) is 12.2. The van der Waals surface area contributed by atoms with Gasteiger partial charge in [-0.25, -0.2) is 4.79 Å². The molecule has 1 N–H and O–H groups in total. The second-order valence-electron chi connectivity index (χ2n) is 9.07. The quantitative estimate of drug-likeness (QED) is 0.445. The zero-order valence-corrected chi connectivity index (χ0v) is 20.7. The minimum Gasteiger partial charge on any atom is -0.451 e. The van der Waals surface area contributed by atoms with Crippen LogP contribution in [0.15, 0.2) is 48.5 Å². The van der Waals surface area contributed by atoms with Crippen molar-refractivity contribution in [3.8, 4) is 0 Å². The van der Waals surface area contributed by atoms with Crippen LogP contribution < -0.4 is 10.2 Å². The molecule has 2 heterocycles. The van der Waals surface area contributed by atoms with Gasteiger partial charge in [0.05, 0.1) is 24.3 Å². The molecule has 36 heavy (non-hydrogen) atoms. The third kappa shape index (κ3) is 5.11. The largest absolute Gasteiger partial charge is 0.451 e. The van der Waals surface area contributed by atoms with Gasteiger partial charge >= 0.3 is 5.97 Å². The summed E-state index contributed by atoms with van der Waals surface area (Å²) in [7, 11) is 0. The SMILES string of the molecule is CC[C@H](C)[C@@H](C(=O)O[C@H](C)C(=O)Nc1ccc(N2CCOCC2)cc1)N1C(=O)c2ccccc2C1=O. The number of nitrogens with zero attached hydrogens (tertiary/aromatic N) is 2. The van der Waals surface area contributed by atoms with Crippen molar-refractivity contribution in [3.63, 3.8) is 0 Å². The van der Waals surface area contributed by atoms with Crippen LogP contribution in [-0.4, -0.2) is 67.0 Å². The van der Waals surface area contributed by atoms with Crippen LogP contribution in [0.5, 0.6) is 0 Å². The van der Waals surface area contributed by atoms with Crippen molar-refractivity contribution in [2.24, 2.45) is 5.92 Å². The van der Waals surface area contributed by atoms with Crippen LogP contribution in [0, 0.1) is 5.92 Å². The van der Waals surface area contributed by atoms with Crippen molar-refractivity contribution in [1.82, 2.24) is 4.90 Å². The number of rotatable bonds is 8. The Morgan fingerprint density at radius 1 is 0.972 bits per heavy atom. The zero-order valence-electron chi connectivity index (χ0n) is 20.7. The van der Waals surface area contributed by atoms with Crippen LogP contribution in [0.1, 0.15) is 47.9 Å². The monoisotopic (exact) mass is 493 g/mol. The van der Waals surface area contributed by atoms with E-state index >= 15 is 0 Å². The predicted molar refractivity (Wildman–Crippen MR) is 134 cm³/mol. The second-order valence-corrected chi connectivity index (χ2v) is 9.07. The van der Waals surface area contributed by atoms with Crippen LogP contribution in [0.4, 0.5) is 11.4 Å². The van der Waals surface area contributed by atoms with E-state index < -0.39 is 35.8 Å². The molecule has 2 aromatic carbocycles. The highest BCUT2D eigenvalue weighted by atomic mass is 16.5. The van der Waals surface area contributed by atoms with Gasteiger partial charge in [0.15, 0.2) is 6.10 Å². The molecule has 0 spiro atoms. The molecular weight excluding hydrogens is 462 g/mol. The van der Waals surface area contributed by atoms with Gasteiger partial charge in [-0.15, -0.1) is 0 Å². The number of anilines is 2. The highest BCUT2D eigenvalue weighted by Gasteiger charge is 2.45. The molecule has 0 saturated carbocycles. The smallest absolute Gasteiger partial charge is 0.330 e. The van der Waals surface area contributed by atoms with E-state index in [2.05, 4.69) is 10.2 Å². The summed E-state index contributed by atoms with van der Waals surface area (Å²) >= 11 is 0. The van der Waals surface area contributed by atoms with Gasteiger partial charge in [-0.1, -0.05) is 32.4 Å². The van der Waals surface area contributed by atoms with Crippen molar-refractivity contribution in [2.75, 3.05) is 36.5 Å². The molecule has 0 aliphatic carbocycles. The van der Waals surface area contributed by atoms with E-state index in [0.29, 0.717) is 25.3 Å². The van der Waals surface area contributed by atoms with E-state index in [-0.39, 0.29) is 17.0 Å². The lowest BCUT2D eigenvalue weighted by atomic mass is 9.97. The summed E-state index contributed by atoms with van der Waals surface area (Å²) in [6.45, 7) is 8.08. The van der Waals surface area contributed by atoms with Crippen LogP contribution >= 0.6 is 0 Å². The number of ether oxygens (including phenoxy) is 2. The van der Waals surface area contributed by atoms with Crippen LogP contribution in [0.25, 0.3) is 0 Å². The Morgan fingerprint density at radius 2 is 1.56 bits per heavy atom. The lowest BCUT2D eigenvalue weighted by molar-refractivity contribution is -0.158. The number of carbonyl (C=O) groups is 4. The lowest BCUT2D eigenvalue weighted by Gasteiger charge is -2.30. The number of fused-ring (bicyclic) bond motifs is 1. The van der Waals surface area contributed by atoms with Gasteiger partial charge < -0.3 is 19.7 Å². The van der Waals surface area contributed by atoms with E-state index in [9.17, 15) is 19.2 Å². The fourth-order valence-electron chi connectivity index (χ4n) is 4.39. The van der Waals surface area contributed by atoms with E-state index in [1.807, 2.05) is 19.1 Å². The number of carbonyl (C=O) groups excluding carboxylic acids is 4. The number of amides is 3. The number of hydrogen-bond acceptors (Lipinski definition) is 7. The molecule has 2 aliphatic rings. The van der Waals surface area contributed by atoms with Crippen molar-refractivity contribution in [1.29, 1.82) is 0 Å². The summed E-state index contributed by atoms with van der Waals surface area (Å²) in [6.07, 6.45) is -0.596. The number of esters is 1. The molecule has 0 bridgehead atoms. The topological polar surface area (TPSA) is 105 Å². The molecule has 3 atom stereocenters. The second kappa shape index (κ2) is 10.9. The highest BCUT2D eigenvalue weighted by molar-refractivity contribution is 6.22. The number of nitrogens with one attached hydrogen (secondary N) is 1. The molecule has 3 amide bonds. The summed E-state index contributed by atoms with van der Waals surface area (Å²) in [5.41, 5.74) is 2.12. The van der Waals surface area contributed by atoms with Crippen molar-refractivity contribution >= 4 is 35.1 Å². The summed E-state index contributed by atoms with van der Waals surface area (Å²) < 4.78 is 10.9. The molecule has 2 aromatic rings. The maximum absolute atomic E-state index is 13.2. The van der Waals surface area contributed by atoms with Crippen LogP contribution in [0.2, 0.25) is 0 Å². The molecule has 9 nitrogen and oxygen atoms in total. The Morgan fingerprint density at radius 3 is 2.11 bits per heavy atom. The first kappa shape index (κ1) is 25.4. The number of morpholine rings is 1. The van der Waals surface area contributed by atoms with Gasteiger partial charge in [0.1, 0.15) is 6.04 Å². The van der Waals surface area contributed by atoms with Gasteiger partial charge in [-0.2, -0.15) is 0 Å². The van der Waals surface area contributed by atoms with Gasteiger partial charge in [-0.3, -0.25) is 19.3 Å². The minimum absolute atomic E-state index is 0.259. The van der Waals surface area contributed by atoms with Crippen LogP contribution in [0.3, 0.4) is 0 Å². The maximum Gasteiger partial charge on any atom is 0.330 e. The lowest BCUT2D eigenvalue weighted by Crippen LogP contribution is -2.50. The summed E-state index contributed by atoms with van der Waals surface area (Å²) in [4.78, 5) is 55.1. The Balaban J connectivity index is 1.41. The highest BCUT2D eigenvalue weighted by Crippen LogP contribution is 2.29. The molecule has 0 radical (unpaired) electrons. The molecule has 9 heteroatoms. The van der Waals surface area contributed by atoms with Gasteiger partial charge in [0.2, 0.25) is 0 Å². The Labute approximate surface area is 210 Å². The zero-order chi connectivity index (χ0) is 25.8. The number of benzene rings is 2. The van der Waals surface area contributed by atoms with E-state index in [1.165, 1.54) is 6.92 Å². The first-order valence-corrected chi connectivity index (χ1v) is 12.2. The van der Waals surface area contributed by atoms with Crippen molar-refractivity contribution in [3.05, 3.63) is 59.7 Å². The summed E-state index contributed by atoms with van der Waals surface area (Å²) in [5.74, 6) is -2.72. The molecular formula is C27H31N3O6. The van der Waals surface area contributed by atoms with E-state index in [1.54, 1.807) is 43.3 Å². The third-order valence-electron chi connectivity index (χ3n) is 6.70. The normalized spacial score (nSPS) is 17.9. The van der Waals surface area contributed by atoms with E-state index in [0.717, 1.165) is 23.7 Å². The Hall–Kier alpha value is -3.72. The first-order chi connectivity index (χ1) is 17.3. The maximum atomic E-state index is 13.2. The molecule has 4 rings (SSSR count). The van der Waals surface area contributed by atoms with Crippen molar-refractivity contribution < 1.29 is 28.7 Å². The standard InChI is InChI=1S/C27H31N3O6/c1-4-17(2)23(30-25(32)21-7-5-6-8-22(21)26(30)33)27(34)36-18(3)24(31)28-19-9-11-20(12-10-19)29-13-15-35-16-14-29/h5-12,17-18,23H,4,13-16H2,1-3H3,(H,28,31)/t17-,18+,23-/m0/s1. The summed E-state index contributed by atoms with van der Waals surface area (Å²) in [5, 5.41) is 2.75. The number of imide groups is 1. The average molecular weight is 494 g/mol. The van der Waals surface area contributed by atoms with Crippen LogP contribution in [-0.2, 0) is 19.1 Å². The van der Waals surface area contributed by atoms with Crippen molar-refractivity contribution in [2.45, 2.75) is 39.3 Å². The van der Waals surface area contributed by atoms with Gasteiger partial charge in [0.25, 0.3) is 17.7 Å². The molecule has 190 valence electrons. The third-order valence-corrected chi connectivity index (χ3v) is 6.70. The molecule has 1 fully saturated rings. The van der Waals surface area contributed by atoms with Gasteiger partial charge in [-0.05, 0) is 49.2 Å². The minimum atomic E-state index is -1.13. The van der Waals surface area contributed by atoms with Gasteiger partial charge in [0, 0.05) is 24.5 Å². The fourth-order valence-corrected chi connectivity index (χ4v) is 4.39. The number of hydrogen-bond donors (Lipinski definition) is 1. The predicted octanol–water partition coefficient (Wildman–Crippen LogP) is 3.10. The Kier molecular flexibility index (Phi) is 7.69. The molecule has 0 unspecified atom stereocenters. The fraction of sp³-hybridized carbons (Fsp3) is 0.407. The molecule has 0 aromatic heterocycles. The molecule has 2 aliphatic heterocycles. The Bertz CT molecular complexity index is 1110.